The Kier molecular flexibility index (Phi) is 5.30. The van der Waals surface area contributed by atoms with Crippen molar-refractivity contribution < 1.29 is 14.3 Å². The van der Waals surface area contributed by atoms with Crippen LogP contribution in [0, 0.1) is 12.8 Å². The highest BCUT2D eigenvalue weighted by atomic mass is 16.5. The molecule has 2 amide bonds. The molecule has 0 bridgehead atoms. The number of benzene rings is 1. The van der Waals surface area contributed by atoms with Gasteiger partial charge in [-0.3, -0.25) is 9.79 Å². The van der Waals surface area contributed by atoms with Crippen LogP contribution < -0.4 is 5.32 Å². The topological polar surface area (TPSA) is 71.0 Å². The van der Waals surface area contributed by atoms with E-state index in [0.717, 1.165) is 30.7 Å². The van der Waals surface area contributed by atoms with E-state index in [0.29, 0.717) is 6.54 Å². The van der Waals surface area contributed by atoms with E-state index in [1.165, 1.54) is 18.2 Å². The monoisotopic (exact) mass is 357 g/mol. The van der Waals surface area contributed by atoms with E-state index in [1.807, 2.05) is 18.7 Å². The van der Waals surface area contributed by atoms with Crippen LogP contribution in [0.2, 0.25) is 0 Å². The van der Waals surface area contributed by atoms with E-state index in [2.05, 4.69) is 35.2 Å². The number of aryl methyl sites for hydroxylation is 1. The predicted octanol–water partition coefficient (Wildman–Crippen LogP) is 3.00. The number of aliphatic imine (C=N–C) groups is 1. The second-order valence-corrected chi connectivity index (χ2v) is 7.46. The number of carbonyl (C=O) groups is 2. The first-order valence-electron chi connectivity index (χ1n) is 9.22. The molecule has 6 heteroatoms. The maximum absolute atomic E-state index is 13.1. The molecule has 0 spiro atoms. The fourth-order valence-corrected chi connectivity index (χ4v) is 3.80. The standard InChI is InChI=1S/C20H27N3O3/c1-12(2)18(22-20(25)26-4)19(24)23-9-5-6-17(23)16-11-14-10-13(3)7-8-15(14)21-16/h7-8,10,12,17-18H,5-6,9,11H2,1-4H3,(H,22,25). The SMILES string of the molecule is COC(=O)NC(C(=O)N1CCCC1C1=Nc2ccc(C)cc2C1)C(C)C. The van der Waals surface area contributed by atoms with Gasteiger partial charge in [-0.25, -0.2) is 4.79 Å². The number of nitrogens with one attached hydrogen (secondary N) is 1. The molecule has 6 nitrogen and oxygen atoms in total. The number of carbonyl (C=O) groups excluding carboxylic acids is 2. The molecular formula is C20H27N3O3. The Morgan fingerprint density at radius 3 is 2.81 bits per heavy atom. The molecule has 1 N–H and O–H groups in total. The maximum atomic E-state index is 13.1. The average Bonchev–Trinajstić information content (AvgIpc) is 3.24. The highest BCUT2D eigenvalue weighted by Crippen LogP contribution is 2.32. The van der Waals surface area contributed by atoms with E-state index < -0.39 is 12.1 Å². The lowest BCUT2D eigenvalue weighted by molar-refractivity contribution is -0.134. The molecule has 26 heavy (non-hydrogen) atoms. The largest absolute Gasteiger partial charge is 0.453 e. The average molecular weight is 357 g/mol. The van der Waals surface area contributed by atoms with Crippen molar-refractivity contribution in [2.24, 2.45) is 10.9 Å². The van der Waals surface area contributed by atoms with Gasteiger partial charge >= 0.3 is 6.09 Å². The Balaban J connectivity index is 1.78. The van der Waals surface area contributed by atoms with Gasteiger partial charge in [-0.05, 0) is 37.3 Å². The second kappa shape index (κ2) is 7.48. The van der Waals surface area contributed by atoms with E-state index in [1.54, 1.807) is 0 Å². The lowest BCUT2D eigenvalue weighted by atomic mass is 9.99. The Bertz CT molecular complexity index is 742. The zero-order valence-electron chi connectivity index (χ0n) is 15.9. The van der Waals surface area contributed by atoms with Gasteiger partial charge in [-0.2, -0.15) is 0 Å². The van der Waals surface area contributed by atoms with Crippen LogP contribution in [-0.2, 0) is 16.0 Å². The first-order chi connectivity index (χ1) is 12.4. The normalized spacial score (nSPS) is 20.0. The van der Waals surface area contributed by atoms with Crippen LogP contribution in [0.5, 0.6) is 0 Å². The van der Waals surface area contributed by atoms with Crippen molar-refractivity contribution in [1.29, 1.82) is 0 Å². The number of hydrogen-bond donors (Lipinski definition) is 1. The summed E-state index contributed by atoms with van der Waals surface area (Å²) in [4.78, 5) is 31.5. The van der Waals surface area contributed by atoms with Gasteiger partial charge in [0.2, 0.25) is 5.91 Å². The number of fused-ring (bicyclic) bond motifs is 1. The van der Waals surface area contributed by atoms with Crippen molar-refractivity contribution in [2.75, 3.05) is 13.7 Å². The van der Waals surface area contributed by atoms with Gasteiger partial charge in [-0.1, -0.05) is 31.5 Å². The highest BCUT2D eigenvalue weighted by molar-refractivity contribution is 6.01. The van der Waals surface area contributed by atoms with Crippen molar-refractivity contribution in [1.82, 2.24) is 10.2 Å². The Morgan fingerprint density at radius 2 is 2.12 bits per heavy atom. The van der Waals surface area contributed by atoms with Crippen LogP contribution in [0.3, 0.4) is 0 Å². The molecule has 2 atom stereocenters. The number of likely N-dealkylation sites (tertiary alicyclic amines) is 1. The van der Waals surface area contributed by atoms with Gasteiger partial charge in [0.05, 0.1) is 18.8 Å². The fraction of sp³-hybridized carbons (Fsp3) is 0.550. The van der Waals surface area contributed by atoms with E-state index in [4.69, 9.17) is 4.99 Å². The summed E-state index contributed by atoms with van der Waals surface area (Å²) in [5.74, 6) is -0.0732. The number of nitrogens with zero attached hydrogens (tertiary/aromatic N) is 2. The third-order valence-electron chi connectivity index (χ3n) is 5.18. The summed E-state index contributed by atoms with van der Waals surface area (Å²) < 4.78 is 4.68. The minimum absolute atomic E-state index is 0.0101. The fourth-order valence-electron chi connectivity index (χ4n) is 3.80. The van der Waals surface area contributed by atoms with Crippen molar-refractivity contribution in [3.63, 3.8) is 0 Å². The number of amides is 2. The van der Waals surface area contributed by atoms with Crippen LogP contribution in [0.4, 0.5) is 10.5 Å². The van der Waals surface area contributed by atoms with E-state index in [-0.39, 0.29) is 17.9 Å². The Morgan fingerprint density at radius 1 is 1.35 bits per heavy atom. The molecule has 0 radical (unpaired) electrons. The zero-order valence-corrected chi connectivity index (χ0v) is 15.9. The molecule has 1 aromatic rings. The summed E-state index contributed by atoms with van der Waals surface area (Å²) in [6.07, 6.45) is 2.09. The predicted molar refractivity (Wildman–Crippen MR) is 101 cm³/mol. The summed E-state index contributed by atoms with van der Waals surface area (Å²) in [7, 11) is 1.31. The third kappa shape index (κ3) is 3.59. The Labute approximate surface area is 154 Å². The molecule has 0 aromatic heterocycles. The summed E-state index contributed by atoms with van der Waals surface area (Å²) in [5, 5.41) is 2.69. The molecule has 1 saturated heterocycles. The van der Waals surface area contributed by atoms with E-state index >= 15 is 0 Å². The molecule has 1 aromatic carbocycles. The molecule has 140 valence electrons. The number of alkyl carbamates (subject to hydrolysis) is 1. The van der Waals surface area contributed by atoms with Crippen LogP contribution in [0.1, 0.15) is 37.8 Å². The number of methoxy groups -OCH3 is 1. The first-order valence-corrected chi connectivity index (χ1v) is 9.22. The number of rotatable bonds is 4. The molecule has 2 heterocycles. The van der Waals surface area contributed by atoms with Crippen LogP contribution >= 0.6 is 0 Å². The van der Waals surface area contributed by atoms with E-state index in [9.17, 15) is 9.59 Å². The molecule has 2 aliphatic heterocycles. The summed E-state index contributed by atoms with van der Waals surface area (Å²) in [5.41, 5.74) is 4.52. The maximum Gasteiger partial charge on any atom is 0.407 e. The molecular weight excluding hydrogens is 330 g/mol. The molecule has 1 fully saturated rings. The summed E-state index contributed by atoms with van der Waals surface area (Å²) >= 11 is 0. The van der Waals surface area contributed by atoms with Crippen LogP contribution in [-0.4, -0.2) is 48.4 Å². The minimum Gasteiger partial charge on any atom is -0.453 e. The second-order valence-electron chi connectivity index (χ2n) is 7.46. The van der Waals surface area contributed by atoms with Crippen LogP contribution in [0.15, 0.2) is 23.2 Å². The van der Waals surface area contributed by atoms with Crippen LogP contribution in [0.25, 0.3) is 0 Å². The van der Waals surface area contributed by atoms with Gasteiger partial charge in [0, 0.05) is 18.7 Å². The lowest BCUT2D eigenvalue weighted by Crippen LogP contribution is -2.53. The van der Waals surface area contributed by atoms with Crippen molar-refractivity contribution in [3.05, 3.63) is 29.3 Å². The van der Waals surface area contributed by atoms with Gasteiger partial charge in [0.15, 0.2) is 0 Å². The third-order valence-corrected chi connectivity index (χ3v) is 5.18. The lowest BCUT2D eigenvalue weighted by Gasteiger charge is -2.30. The zero-order chi connectivity index (χ0) is 18.8. The minimum atomic E-state index is -0.588. The molecule has 3 rings (SSSR count). The van der Waals surface area contributed by atoms with Gasteiger partial charge in [0.1, 0.15) is 6.04 Å². The number of hydrogen-bond acceptors (Lipinski definition) is 4. The number of ether oxygens (including phenoxy) is 1. The van der Waals surface area contributed by atoms with Gasteiger partial charge in [0.25, 0.3) is 0 Å². The van der Waals surface area contributed by atoms with Gasteiger partial charge < -0.3 is 15.0 Å². The Hall–Kier alpha value is -2.37. The molecule has 2 aliphatic rings. The molecule has 0 aliphatic carbocycles. The quantitative estimate of drug-likeness (QED) is 0.900. The summed E-state index contributed by atoms with van der Waals surface area (Å²) in [6.45, 7) is 6.63. The first kappa shape index (κ1) is 18.4. The van der Waals surface area contributed by atoms with Crippen molar-refractivity contribution in [2.45, 2.75) is 52.1 Å². The van der Waals surface area contributed by atoms with Crippen molar-refractivity contribution in [3.8, 4) is 0 Å². The molecule has 0 saturated carbocycles. The molecule has 2 unspecified atom stereocenters. The van der Waals surface area contributed by atoms with Gasteiger partial charge in [-0.15, -0.1) is 0 Å². The highest BCUT2D eigenvalue weighted by Gasteiger charge is 2.38. The summed E-state index contributed by atoms with van der Waals surface area (Å²) in [6, 6.07) is 5.71. The van der Waals surface area contributed by atoms with Crippen molar-refractivity contribution >= 4 is 23.4 Å². The smallest absolute Gasteiger partial charge is 0.407 e.